The molecule has 1 amide bonds. The van der Waals surface area contributed by atoms with E-state index in [-0.39, 0.29) is 11.6 Å². The number of alkyl carbamates (subject to hydrolysis) is 1. The van der Waals surface area contributed by atoms with E-state index in [0.717, 1.165) is 32.4 Å². The summed E-state index contributed by atoms with van der Waals surface area (Å²) in [7, 11) is 0. The van der Waals surface area contributed by atoms with Crippen LogP contribution in [0.5, 0.6) is 0 Å². The van der Waals surface area contributed by atoms with E-state index in [2.05, 4.69) is 64.8 Å². The highest BCUT2D eigenvalue weighted by molar-refractivity contribution is 5.68. The number of ether oxygens (including phenoxy) is 1. The fourth-order valence-corrected chi connectivity index (χ4v) is 3.76. The summed E-state index contributed by atoms with van der Waals surface area (Å²) >= 11 is 0. The molecule has 0 bridgehead atoms. The normalized spacial score (nSPS) is 17.0. The van der Waals surface area contributed by atoms with E-state index in [1.165, 1.54) is 16.7 Å². The summed E-state index contributed by atoms with van der Waals surface area (Å²) in [5, 5.41) is 2.85. The molecule has 0 saturated carbocycles. The lowest BCUT2D eigenvalue weighted by Gasteiger charge is -2.37. The second kappa shape index (κ2) is 9.24. The number of rotatable bonds is 6. The molecule has 1 atom stereocenters. The monoisotopic (exact) mass is 380 g/mol. The van der Waals surface area contributed by atoms with Gasteiger partial charge in [-0.3, -0.25) is 4.90 Å². The first kappa shape index (κ1) is 20.4. The number of aryl methyl sites for hydroxylation is 1. The molecule has 1 heterocycles. The van der Waals surface area contributed by atoms with Gasteiger partial charge in [-0.05, 0) is 56.7 Å². The Kier molecular flexibility index (Phi) is 6.74. The minimum Gasteiger partial charge on any atom is -0.448 e. The van der Waals surface area contributed by atoms with Gasteiger partial charge < -0.3 is 10.1 Å². The van der Waals surface area contributed by atoms with Crippen molar-refractivity contribution in [3.63, 3.8) is 0 Å². The third kappa shape index (κ3) is 6.10. The van der Waals surface area contributed by atoms with Gasteiger partial charge in [0, 0.05) is 24.7 Å². The molecule has 28 heavy (non-hydrogen) atoms. The van der Waals surface area contributed by atoms with Gasteiger partial charge in [-0.15, -0.1) is 0 Å². The molecule has 2 aromatic rings. The van der Waals surface area contributed by atoms with Crippen LogP contribution in [0.4, 0.5) is 4.79 Å². The molecule has 150 valence electrons. The van der Waals surface area contributed by atoms with Crippen LogP contribution in [0.1, 0.15) is 43.9 Å². The number of hydrogen-bond acceptors (Lipinski definition) is 3. The minimum atomic E-state index is -0.342. The van der Waals surface area contributed by atoms with Crippen molar-refractivity contribution >= 4 is 6.09 Å². The zero-order valence-corrected chi connectivity index (χ0v) is 17.3. The van der Waals surface area contributed by atoms with Crippen molar-refractivity contribution in [2.24, 2.45) is 0 Å². The smallest absolute Gasteiger partial charge is 0.407 e. The Morgan fingerprint density at radius 3 is 2.46 bits per heavy atom. The number of nitrogens with zero attached hydrogens (tertiary/aromatic N) is 1. The Morgan fingerprint density at radius 1 is 1.07 bits per heavy atom. The SMILES string of the molecule is CC(C)(C)NC(=O)OCCN1Cc2ccccc2CC1CCc1ccccc1. The average molecular weight is 381 g/mol. The van der Waals surface area contributed by atoms with Crippen LogP contribution >= 0.6 is 0 Å². The quantitative estimate of drug-likeness (QED) is 0.798. The summed E-state index contributed by atoms with van der Waals surface area (Å²) in [4.78, 5) is 14.4. The van der Waals surface area contributed by atoms with Gasteiger partial charge in [-0.2, -0.15) is 0 Å². The molecule has 1 aliphatic rings. The molecule has 0 aromatic heterocycles. The third-order valence-electron chi connectivity index (χ3n) is 5.16. The Balaban J connectivity index is 1.59. The molecule has 1 N–H and O–H groups in total. The maximum Gasteiger partial charge on any atom is 0.407 e. The lowest BCUT2D eigenvalue weighted by Crippen LogP contribution is -2.44. The maximum atomic E-state index is 11.9. The maximum absolute atomic E-state index is 11.9. The third-order valence-corrected chi connectivity index (χ3v) is 5.16. The Bertz CT molecular complexity index is 768. The zero-order valence-electron chi connectivity index (χ0n) is 17.3. The standard InChI is InChI=1S/C24H32N2O2/c1-24(2,3)25-23(27)28-16-15-26-18-21-12-8-7-11-20(21)17-22(26)14-13-19-9-5-4-6-10-19/h4-12,22H,13-18H2,1-3H3,(H,25,27). The molecule has 2 aromatic carbocycles. The number of benzene rings is 2. The van der Waals surface area contributed by atoms with Crippen LogP contribution in [0, 0.1) is 0 Å². The number of amides is 1. The lowest BCUT2D eigenvalue weighted by molar-refractivity contribution is 0.0955. The van der Waals surface area contributed by atoms with Crippen LogP contribution in [0.2, 0.25) is 0 Å². The van der Waals surface area contributed by atoms with E-state index >= 15 is 0 Å². The average Bonchev–Trinajstić information content (AvgIpc) is 2.65. The summed E-state index contributed by atoms with van der Waals surface area (Å²) < 4.78 is 5.43. The molecule has 3 rings (SSSR count). The van der Waals surface area contributed by atoms with E-state index in [0.29, 0.717) is 12.6 Å². The van der Waals surface area contributed by atoms with E-state index in [4.69, 9.17) is 4.74 Å². The zero-order chi connectivity index (χ0) is 20.0. The van der Waals surface area contributed by atoms with E-state index in [9.17, 15) is 4.79 Å². The van der Waals surface area contributed by atoms with Crippen LogP contribution < -0.4 is 5.32 Å². The second-order valence-electron chi connectivity index (χ2n) is 8.63. The molecule has 0 aliphatic carbocycles. The first-order valence-electron chi connectivity index (χ1n) is 10.2. The number of carbonyl (C=O) groups is 1. The Labute approximate surface area is 168 Å². The highest BCUT2D eigenvalue weighted by atomic mass is 16.5. The van der Waals surface area contributed by atoms with Crippen molar-refractivity contribution < 1.29 is 9.53 Å². The van der Waals surface area contributed by atoms with E-state index in [1.807, 2.05) is 20.8 Å². The summed E-state index contributed by atoms with van der Waals surface area (Å²) in [5.74, 6) is 0. The van der Waals surface area contributed by atoms with Crippen molar-refractivity contribution in [3.8, 4) is 0 Å². The predicted molar refractivity (Wildman–Crippen MR) is 113 cm³/mol. The van der Waals surface area contributed by atoms with E-state index < -0.39 is 0 Å². The topological polar surface area (TPSA) is 41.6 Å². The highest BCUT2D eigenvalue weighted by Crippen LogP contribution is 2.25. The number of nitrogens with one attached hydrogen (secondary N) is 1. The fourth-order valence-electron chi connectivity index (χ4n) is 3.76. The van der Waals surface area contributed by atoms with Gasteiger partial charge in [0.2, 0.25) is 0 Å². The van der Waals surface area contributed by atoms with Crippen LogP contribution in [-0.4, -0.2) is 35.7 Å². The van der Waals surface area contributed by atoms with Gasteiger partial charge in [0.05, 0.1) is 0 Å². The van der Waals surface area contributed by atoms with Crippen LogP contribution in [0.3, 0.4) is 0 Å². The molecule has 0 spiro atoms. The van der Waals surface area contributed by atoms with E-state index in [1.54, 1.807) is 0 Å². The van der Waals surface area contributed by atoms with Crippen LogP contribution in [-0.2, 0) is 24.1 Å². The molecule has 4 nitrogen and oxygen atoms in total. The first-order chi connectivity index (χ1) is 13.4. The van der Waals surface area contributed by atoms with Gasteiger partial charge in [0.15, 0.2) is 0 Å². The molecule has 0 fully saturated rings. The van der Waals surface area contributed by atoms with Crippen molar-refractivity contribution in [2.75, 3.05) is 13.2 Å². The van der Waals surface area contributed by atoms with Crippen LogP contribution in [0.25, 0.3) is 0 Å². The lowest BCUT2D eigenvalue weighted by atomic mass is 9.90. The molecular formula is C24H32N2O2. The largest absolute Gasteiger partial charge is 0.448 e. The molecule has 1 unspecified atom stereocenters. The van der Waals surface area contributed by atoms with Crippen LogP contribution in [0.15, 0.2) is 54.6 Å². The number of hydrogen-bond donors (Lipinski definition) is 1. The predicted octanol–water partition coefficient (Wildman–Crippen LogP) is 4.57. The molecule has 0 saturated heterocycles. The number of carbonyl (C=O) groups excluding carboxylic acids is 1. The van der Waals surface area contributed by atoms with Gasteiger partial charge >= 0.3 is 6.09 Å². The highest BCUT2D eigenvalue weighted by Gasteiger charge is 2.26. The molecule has 4 heteroatoms. The number of fused-ring (bicyclic) bond motifs is 1. The summed E-state index contributed by atoms with van der Waals surface area (Å²) in [6, 6.07) is 19.8. The fraction of sp³-hybridized carbons (Fsp3) is 0.458. The van der Waals surface area contributed by atoms with Gasteiger partial charge in [0.1, 0.15) is 6.61 Å². The summed E-state index contributed by atoms with van der Waals surface area (Å²) in [6.07, 6.45) is 2.88. The first-order valence-corrected chi connectivity index (χ1v) is 10.2. The van der Waals surface area contributed by atoms with Gasteiger partial charge in [-0.25, -0.2) is 4.79 Å². The van der Waals surface area contributed by atoms with Crippen molar-refractivity contribution in [2.45, 2.75) is 58.2 Å². The molecule has 0 radical (unpaired) electrons. The summed E-state index contributed by atoms with van der Waals surface area (Å²) in [6.45, 7) is 7.94. The summed E-state index contributed by atoms with van der Waals surface area (Å²) in [5.41, 5.74) is 3.93. The van der Waals surface area contributed by atoms with Crippen molar-refractivity contribution in [1.29, 1.82) is 0 Å². The van der Waals surface area contributed by atoms with Gasteiger partial charge in [0.25, 0.3) is 0 Å². The Hall–Kier alpha value is -2.33. The van der Waals surface area contributed by atoms with Gasteiger partial charge in [-0.1, -0.05) is 54.6 Å². The molecular weight excluding hydrogens is 348 g/mol. The minimum absolute atomic E-state index is 0.278. The Morgan fingerprint density at radius 2 is 1.75 bits per heavy atom. The molecule has 1 aliphatic heterocycles. The van der Waals surface area contributed by atoms with Crippen molar-refractivity contribution in [3.05, 3.63) is 71.3 Å². The second-order valence-corrected chi connectivity index (χ2v) is 8.63. The van der Waals surface area contributed by atoms with Crippen molar-refractivity contribution in [1.82, 2.24) is 10.2 Å².